The number of rotatable bonds is 0. The van der Waals surface area contributed by atoms with Crippen LogP contribution in [-0.4, -0.2) is 17.2 Å². The molecule has 0 aromatic heterocycles. The van der Waals surface area contributed by atoms with Crippen molar-refractivity contribution in [3.63, 3.8) is 0 Å². The molecule has 0 aromatic carbocycles. The van der Waals surface area contributed by atoms with Gasteiger partial charge in [-0.3, -0.25) is 0 Å². The van der Waals surface area contributed by atoms with Gasteiger partial charge in [0.2, 0.25) is 0 Å². The van der Waals surface area contributed by atoms with Crippen molar-refractivity contribution in [2.75, 3.05) is 12.9 Å². The van der Waals surface area contributed by atoms with Crippen molar-refractivity contribution >= 4 is 21.8 Å². The molecule has 1 fully saturated rings. The van der Waals surface area contributed by atoms with Gasteiger partial charge in [-0.15, -0.1) is 0 Å². The van der Waals surface area contributed by atoms with Crippen LogP contribution >= 0.6 is 21.8 Å². The van der Waals surface area contributed by atoms with Crippen molar-refractivity contribution < 1.29 is 0 Å². The van der Waals surface area contributed by atoms with E-state index in [1.54, 1.807) is 0 Å². The van der Waals surface area contributed by atoms with Gasteiger partial charge >= 0.3 is 0 Å². The van der Waals surface area contributed by atoms with Crippen LogP contribution in [0.5, 0.6) is 0 Å². The Labute approximate surface area is 39.6 Å². The lowest BCUT2D eigenvalue weighted by Gasteiger charge is -2.21. The normalized spacial score (nSPS) is 25.8. The second-order valence-corrected chi connectivity index (χ2v) is 3.37. The molecule has 0 spiro atoms. The molecular weight excluding hydrogens is 102 g/mol. The van der Waals surface area contributed by atoms with E-state index in [4.69, 9.17) is 0 Å². The fourth-order valence-corrected chi connectivity index (χ4v) is 1.42. The lowest BCUT2D eigenvalue weighted by Crippen LogP contribution is -2.13. The number of hydrogen-bond acceptors (Lipinski definition) is 3. The van der Waals surface area contributed by atoms with E-state index in [1.807, 2.05) is 21.8 Å². The Morgan fingerprint density at radius 3 is 2.20 bits per heavy atom. The van der Waals surface area contributed by atoms with Gasteiger partial charge in [-0.25, -0.2) is 4.31 Å². The third kappa shape index (κ3) is 0.743. The van der Waals surface area contributed by atoms with E-state index in [-0.39, 0.29) is 0 Å². The molecule has 1 saturated heterocycles. The van der Waals surface area contributed by atoms with Crippen molar-refractivity contribution in [2.24, 2.45) is 0 Å². The second kappa shape index (κ2) is 1.41. The highest BCUT2D eigenvalue weighted by atomic mass is 33.1. The summed E-state index contributed by atoms with van der Waals surface area (Å²) in [5.74, 6) is 1.20. The molecular formula is C2H5NS2. The Bertz CT molecular complexity index is 34.6. The van der Waals surface area contributed by atoms with Crippen LogP contribution in [0.3, 0.4) is 0 Å². The Hall–Kier alpha value is 0.660. The smallest absolute Gasteiger partial charge is 0.0667 e. The number of hydrogen-bond donors (Lipinski definition) is 0. The van der Waals surface area contributed by atoms with Crippen molar-refractivity contribution in [1.82, 2.24) is 4.31 Å². The minimum absolute atomic E-state index is 1.20. The summed E-state index contributed by atoms with van der Waals surface area (Å²) < 4.78 is 2.19. The molecule has 30 valence electrons. The first-order valence-electron chi connectivity index (χ1n) is 1.40. The summed E-state index contributed by atoms with van der Waals surface area (Å²) in [4.78, 5) is 0. The summed E-state index contributed by atoms with van der Waals surface area (Å²) in [6.45, 7) is 0. The summed E-state index contributed by atoms with van der Waals surface area (Å²) in [5.41, 5.74) is 0. The zero-order valence-electron chi connectivity index (χ0n) is 2.97. The van der Waals surface area contributed by atoms with E-state index < -0.39 is 0 Å². The summed E-state index contributed by atoms with van der Waals surface area (Å²) in [7, 11) is 5.78. The Kier molecular flexibility index (Phi) is 1.08. The first kappa shape index (κ1) is 3.84. The largest absolute Gasteiger partial charge is 0.233 e. The van der Waals surface area contributed by atoms with Gasteiger partial charge in [-0.1, -0.05) is 10.8 Å². The van der Waals surface area contributed by atoms with Crippen molar-refractivity contribution in [3.05, 3.63) is 0 Å². The van der Waals surface area contributed by atoms with Gasteiger partial charge in [-0.2, -0.15) is 0 Å². The van der Waals surface area contributed by atoms with Crippen LogP contribution in [0, 0.1) is 0 Å². The van der Waals surface area contributed by atoms with Gasteiger partial charge in [0, 0.05) is 0 Å². The van der Waals surface area contributed by atoms with Gasteiger partial charge in [0.15, 0.2) is 0 Å². The molecule has 0 atom stereocenters. The number of nitrogens with zero attached hydrogens (tertiary/aromatic N) is 1. The van der Waals surface area contributed by atoms with E-state index in [1.165, 1.54) is 5.88 Å². The molecule has 1 aliphatic rings. The van der Waals surface area contributed by atoms with Crippen molar-refractivity contribution in [3.8, 4) is 0 Å². The molecule has 1 nitrogen and oxygen atoms in total. The molecule has 0 aliphatic carbocycles. The molecule has 0 aromatic rings. The van der Waals surface area contributed by atoms with Gasteiger partial charge in [-0.05, 0) is 18.0 Å². The molecule has 5 heavy (non-hydrogen) atoms. The first-order chi connectivity index (χ1) is 2.39. The molecule has 1 heterocycles. The first-order valence-corrected chi connectivity index (χ1v) is 3.68. The van der Waals surface area contributed by atoms with Crippen LogP contribution in [0.25, 0.3) is 0 Å². The second-order valence-electron chi connectivity index (χ2n) is 0.949. The van der Waals surface area contributed by atoms with Crippen LogP contribution in [0.2, 0.25) is 0 Å². The summed E-state index contributed by atoms with van der Waals surface area (Å²) in [6, 6.07) is 0. The van der Waals surface area contributed by atoms with Gasteiger partial charge < -0.3 is 0 Å². The van der Waals surface area contributed by atoms with E-state index in [2.05, 4.69) is 11.4 Å². The zero-order chi connectivity index (χ0) is 3.70. The maximum atomic E-state index is 2.19. The van der Waals surface area contributed by atoms with Crippen LogP contribution in [0.4, 0.5) is 0 Å². The van der Waals surface area contributed by atoms with Crippen LogP contribution in [0.1, 0.15) is 0 Å². The maximum absolute atomic E-state index is 2.19. The maximum Gasteiger partial charge on any atom is 0.0667 e. The Balaban J connectivity index is 2.08. The van der Waals surface area contributed by atoms with E-state index >= 15 is 0 Å². The molecule has 0 bridgehead atoms. The molecule has 0 radical (unpaired) electrons. The average molecular weight is 107 g/mol. The molecule has 0 amide bonds. The van der Waals surface area contributed by atoms with Crippen LogP contribution in [-0.2, 0) is 0 Å². The summed E-state index contributed by atoms with van der Waals surface area (Å²) in [5, 5.41) is 0. The standard InChI is InChI=1S/C2H5NS2/c1-3-2-4-5-3/h2H2,1H3. The SMILES string of the molecule is CN1CSS1. The highest BCUT2D eigenvalue weighted by Crippen LogP contribution is 2.36. The van der Waals surface area contributed by atoms with E-state index in [0.29, 0.717) is 0 Å². The lowest BCUT2D eigenvalue weighted by molar-refractivity contribution is 0.672. The van der Waals surface area contributed by atoms with Crippen LogP contribution in [0.15, 0.2) is 0 Å². The monoisotopic (exact) mass is 107 g/mol. The molecule has 3 heteroatoms. The van der Waals surface area contributed by atoms with Gasteiger partial charge in [0.1, 0.15) is 0 Å². The minimum Gasteiger partial charge on any atom is -0.233 e. The summed E-state index contributed by atoms with van der Waals surface area (Å²) in [6.07, 6.45) is 0. The summed E-state index contributed by atoms with van der Waals surface area (Å²) >= 11 is 0. The average Bonchev–Trinajstić information content (AvgIpc) is 1.30. The zero-order valence-corrected chi connectivity index (χ0v) is 4.60. The third-order valence-electron chi connectivity index (χ3n) is 0.414. The molecule has 0 saturated carbocycles. The predicted molar refractivity (Wildman–Crippen MR) is 27.8 cm³/mol. The molecule has 1 aliphatic heterocycles. The van der Waals surface area contributed by atoms with Gasteiger partial charge in [0.05, 0.1) is 5.88 Å². The topological polar surface area (TPSA) is 3.24 Å². The highest BCUT2D eigenvalue weighted by Gasteiger charge is 2.07. The van der Waals surface area contributed by atoms with E-state index in [9.17, 15) is 0 Å². The minimum atomic E-state index is 1.20. The fraction of sp³-hybridized carbons (Fsp3) is 1.00. The Morgan fingerprint density at radius 1 is 1.80 bits per heavy atom. The molecule has 1 rings (SSSR count). The van der Waals surface area contributed by atoms with Crippen LogP contribution < -0.4 is 0 Å². The van der Waals surface area contributed by atoms with Crippen molar-refractivity contribution in [2.45, 2.75) is 0 Å². The highest BCUT2D eigenvalue weighted by molar-refractivity contribution is 8.78. The quantitative estimate of drug-likeness (QED) is 0.338. The van der Waals surface area contributed by atoms with Crippen molar-refractivity contribution in [1.29, 1.82) is 0 Å². The molecule has 0 unspecified atom stereocenters. The molecule has 0 N–H and O–H groups in total. The van der Waals surface area contributed by atoms with E-state index in [0.717, 1.165) is 0 Å². The fourth-order valence-electron chi connectivity index (χ4n) is 0.158. The van der Waals surface area contributed by atoms with Gasteiger partial charge in [0.25, 0.3) is 0 Å². The third-order valence-corrected chi connectivity index (χ3v) is 2.96. The Morgan fingerprint density at radius 2 is 2.20 bits per heavy atom. The lowest BCUT2D eigenvalue weighted by atomic mass is 11.2. The predicted octanol–water partition coefficient (Wildman–Crippen LogP) is 1.19.